The number of hydrogen-bond donors (Lipinski definition) is 1. The van der Waals surface area contributed by atoms with Gasteiger partial charge in [-0.25, -0.2) is 4.79 Å². The molecule has 0 unspecified atom stereocenters. The average molecular weight is 345 g/mol. The molecule has 1 aliphatic heterocycles. The van der Waals surface area contributed by atoms with Crippen molar-refractivity contribution in [3.05, 3.63) is 5.01 Å². The molecule has 0 saturated carbocycles. The molecule has 1 amide bonds. The highest BCUT2D eigenvalue weighted by atomic mass is 32.2. The molecule has 0 bridgehead atoms. The van der Waals surface area contributed by atoms with Crippen LogP contribution in [0.15, 0.2) is 4.34 Å². The summed E-state index contributed by atoms with van der Waals surface area (Å²) >= 11 is 2.80. The largest absolute Gasteiger partial charge is 0.481 e. The molecule has 1 fully saturated rings. The number of aromatic nitrogens is 2. The van der Waals surface area contributed by atoms with E-state index in [0.29, 0.717) is 13.1 Å². The van der Waals surface area contributed by atoms with Gasteiger partial charge in [-0.2, -0.15) is 0 Å². The van der Waals surface area contributed by atoms with Gasteiger partial charge in [0.1, 0.15) is 10.6 Å². The molecule has 9 heteroatoms. The first-order valence-corrected chi connectivity index (χ1v) is 8.41. The van der Waals surface area contributed by atoms with Gasteiger partial charge in [-0.05, 0) is 27.7 Å². The number of aliphatic carboxylic acids is 1. The van der Waals surface area contributed by atoms with E-state index in [4.69, 9.17) is 9.84 Å². The molecule has 1 aromatic heterocycles. The lowest BCUT2D eigenvalue weighted by Crippen LogP contribution is -2.62. The number of ether oxygens (including phenoxy) is 1. The monoisotopic (exact) mass is 345 g/mol. The number of carbonyl (C=O) groups excluding carboxylic acids is 1. The number of carbonyl (C=O) groups is 2. The number of hydrogen-bond acceptors (Lipinski definition) is 7. The molecule has 0 aliphatic carbocycles. The third-order valence-electron chi connectivity index (χ3n) is 2.89. The third-order valence-corrected chi connectivity index (χ3v) is 5.12. The summed E-state index contributed by atoms with van der Waals surface area (Å²) in [6.07, 6.45) is -0.446. The van der Waals surface area contributed by atoms with E-state index in [-0.39, 0.29) is 6.42 Å². The van der Waals surface area contributed by atoms with E-state index in [9.17, 15) is 9.59 Å². The van der Waals surface area contributed by atoms with Gasteiger partial charge in [-0.1, -0.05) is 23.1 Å². The standard InChI is InChI=1S/C13H19N3O4S2/c1-8-14-15-10(21-8)22-13(5-9(17)18)6-16(7-13)11(19)20-12(2,3)4/h5-7H2,1-4H3,(H,17,18). The van der Waals surface area contributed by atoms with Crippen molar-refractivity contribution >= 4 is 35.2 Å². The van der Waals surface area contributed by atoms with Crippen molar-refractivity contribution in [2.24, 2.45) is 0 Å². The molecule has 1 aliphatic rings. The number of thioether (sulfide) groups is 1. The van der Waals surface area contributed by atoms with Crippen LogP contribution in [-0.4, -0.2) is 55.7 Å². The van der Waals surface area contributed by atoms with Gasteiger partial charge in [-0.15, -0.1) is 10.2 Å². The fourth-order valence-electron chi connectivity index (χ4n) is 2.10. The summed E-state index contributed by atoms with van der Waals surface area (Å²) in [5, 5.41) is 17.9. The zero-order valence-electron chi connectivity index (χ0n) is 13.0. The molecule has 0 atom stereocenters. The molecule has 0 aromatic carbocycles. The second kappa shape index (κ2) is 6.04. The Kier molecular flexibility index (Phi) is 4.67. The first-order valence-electron chi connectivity index (χ1n) is 6.77. The van der Waals surface area contributed by atoms with Crippen molar-refractivity contribution < 1.29 is 19.4 Å². The Bertz CT molecular complexity index is 576. The smallest absolute Gasteiger partial charge is 0.410 e. The van der Waals surface area contributed by atoms with Gasteiger partial charge in [0.05, 0.1) is 11.2 Å². The number of nitrogens with zero attached hydrogens (tertiary/aromatic N) is 3. The summed E-state index contributed by atoms with van der Waals surface area (Å²) < 4.78 is 5.46. The van der Waals surface area contributed by atoms with Crippen LogP contribution in [0, 0.1) is 6.92 Å². The van der Waals surface area contributed by atoms with Crippen LogP contribution in [0.2, 0.25) is 0 Å². The molecule has 122 valence electrons. The zero-order valence-corrected chi connectivity index (χ0v) is 14.6. The lowest BCUT2D eigenvalue weighted by molar-refractivity contribution is -0.138. The summed E-state index contributed by atoms with van der Waals surface area (Å²) in [7, 11) is 0. The quantitative estimate of drug-likeness (QED) is 0.895. The highest BCUT2D eigenvalue weighted by Crippen LogP contribution is 2.44. The number of rotatable bonds is 4. The zero-order chi connectivity index (χ0) is 16.5. The van der Waals surface area contributed by atoms with Gasteiger partial charge in [0, 0.05) is 13.1 Å². The van der Waals surface area contributed by atoms with Crippen LogP contribution in [0.25, 0.3) is 0 Å². The summed E-state index contributed by atoms with van der Waals surface area (Å²) in [5.41, 5.74) is -0.564. The van der Waals surface area contributed by atoms with E-state index in [1.165, 1.54) is 28.0 Å². The van der Waals surface area contributed by atoms with Crippen LogP contribution in [0.1, 0.15) is 32.2 Å². The fraction of sp³-hybridized carbons (Fsp3) is 0.692. The normalized spacial score (nSPS) is 17.0. The van der Waals surface area contributed by atoms with Crippen LogP contribution in [0.3, 0.4) is 0 Å². The Morgan fingerprint density at radius 1 is 1.41 bits per heavy atom. The Hall–Kier alpha value is -1.35. The maximum atomic E-state index is 12.0. The number of likely N-dealkylation sites (tertiary alicyclic amines) is 1. The van der Waals surface area contributed by atoms with Crippen molar-refractivity contribution in [3.8, 4) is 0 Å². The van der Waals surface area contributed by atoms with Gasteiger partial charge < -0.3 is 14.7 Å². The summed E-state index contributed by atoms with van der Waals surface area (Å²) in [4.78, 5) is 24.6. The molecule has 2 heterocycles. The van der Waals surface area contributed by atoms with E-state index in [1.54, 1.807) is 20.8 Å². The molecule has 22 heavy (non-hydrogen) atoms. The Morgan fingerprint density at radius 3 is 2.50 bits per heavy atom. The maximum absolute atomic E-state index is 12.0. The van der Waals surface area contributed by atoms with Crippen LogP contribution in [0.5, 0.6) is 0 Å². The molecule has 1 aromatic rings. The topological polar surface area (TPSA) is 92.6 Å². The summed E-state index contributed by atoms with van der Waals surface area (Å²) in [6, 6.07) is 0. The lowest BCUT2D eigenvalue weighted by atomic mass is 9.95. The van der Waals surface area contributed by atoms with E-state index in [1.807, 2.05) is 6.92 Å². The van der Waals surface area contributed by atoms with Crippen LogP contribution >= 0.6 is 23.1 Å². The van der Waals surface area contributed by atoms with Crippen LogP contribution in [-0.2, 0) is 9.53 Å². The van der Waals surface area contributed by atoms with Crippen molar-refractivity contribution in [1.29, 1.82) is 0 Å². The summed E-state index contributed by atoms with van der Waals surface area (Å²) in [6.45, 7) is 7.91. The lowest BCUT2D eigenvalue weighted by Gasteiger charge is -2.48. The molecule has 7 nitrogen and oxygen atoms in total. The van der Waals surface area contributed by atoms with E-state index >= 15 is 0 Å². The predicted octanol–water partition coefficient (Wildman–Crippen LogP) is 2.40. The molecular weight excluding hydrogens is 326 g/mol. The minimum atomic E-state index is -0.891. The second-order valence-electron chi connectivity index (χ2n) is 6.28. The number of carboxylic acids is 1. The van der Waals surface area contributed by atoms with Gasteiger partial charge in [0.15, 0.2) is 4.34 Å². The SMILES string of the molecule is Cc1nnc(SC2(CC(=O)O)CN(C(=O)OC(C)(C)C)C2)s1. The number of aryl methyl sites for hydroxylation is 1. The van der Waals surface area contributed by atoms with Gasteiger partial charge in [-0.3, -0.25) is 4.79 Å². The maximum Gasteiger partial charge on any atom is 0.410 e. The second-order valence-corrected chi connectivity index (χ2v) is 9.18. The number of amides is 1. The minimum Gasteiger partial charge on any atom is -0.481 e. The van der Waals surface area contributed by atoms with Crippen molar-refractivity contribution in [1.82, 2.24) is 15.1 Å². The minimum absolute atomic E-state index is 0.0322. The molecule has 0 spiro atoms. The van der Waals surface area contributed by atoms with Crippen molar-refractivity contribution in [2.75, 3.05) is 13.1 Å². The molecular formula is C13H19N3O4S2. The first kappa shape index (κ1) is 17.0. The van der Waals surface area contributed by atoms with Crippen molar-refractivity contribution in [3.63, 3.8) is 0 Å². The molecule has 1 saturated heterocycles. The fourth-order valence-corrected chi connectivity index (χ4v) is 4.66. The first-order chi connectivity index (χ1) is 10.1. The average Bonchev–Trinajstić information content (AvgIpc) is 2.67. The Labute approximate surface area is 137 Å². The van der Waals surface area contributed by atoms with Crippen LogP contribution < -0.4 is 0 Å². The molecule has 1 N–H and O–H groups in total. The predicted molar refractivity (Wildman–Crippen MR) is 83.3 cm³/mol. The van der Waals surface area contributed by atoms with E-state index in [2.05, 4.69) is 10.2 Å². The van der Waals surface area contributed by atoms with Gasteiger partial charge in [0.2, 0.25) is 0 Å². The number of carboxylic acid groups (broad SMARTS) is 1. The summed E-state index contributed by atoms with van der Waals surface area (Å²) in [5.74, 6) is -0.891. The van der Waals surface area contributed by atoms with Crippen LogP contribution in [0.4, 0.5) is 4.79 Å². The highest BCUT2D eigenvalue weighted by molar-refractivity contribution is 8.02. The molecule has 2 rings (SSSR count). The molecule has 0 radical (unpaired) electrons. The van der Waals surface area contributed by atoms with Gasteiger partial charge >= 0.3 is 12.1 Å². The Morgan fingerprint density at radius 2 is 2.05 bits per heavy atom. The van der Waals surface area contributed by atoms with E-state index in [0.717, 1.165) is 9.35 Å². The van der Waals surface area contributed by atoms with Gasteiger partial charge in [0.25, 0.3) is 0 Å². The van der Waals surface area contributed by atoms with Crippen molar-refractivity contribution in [2.45, 2.75) is 48.8 Å². The third kappa shape index (κ3) is 4.33. The van der Waals surface area contributed by atoms with E-state index < -0.39 is 22.4 Å². The Balaban J connectivity index is 2.02. The highest BCUT2D eigenvalue weighted by Gasteiger charge is 2.49.